The third kappa shape index (κ3) is 2.27. The Balaban J connectivity index is 1.60. The van der Waals surface area contributed by atoms with E-state index in [-0.39, 0.29) is 0 Å². The molecule has 4 nitrogen and oxygen atoms in total. The Kier molecular flexibility index (Phi) is 3.26. The van der Waals surface area contributed by atoms with Crippen LogP contribution in [-0.2, 0) is 0 Å². The SMILES string of the molecule is C[C@@H](c1ccccc1)N1C[C@@H](n2ccnn2)[C@@H]2CC[C@H]1C2. The number of likely N-dealkylation sites (tertiary alicyclic amines) is 1. The minimum atomic E-state index is 0.473. The summed E-state index contributed by atoms with van der Waals surface area (Å²) < 4.78 is 2.08. The van der Waals surface area contributed by atoms with Crippen LogP contribution in [0.4, 0.5) is 0 Å². The van der Waals surface area contributed by atoms with Crippen molar-refractivity contribution in [2.45, 2.75) is 44.3 Å². The fourth-order valence-electron chi connectivity index (χ4n) is 4.25. The summed E-state index contributed by atoms with van der Waals surface area (Å²) in [7, 11) is 0. The minimum absolute atomic E-state index is 0.473. The topological polar surface area (TPSA) is 34.0 Å². The summed E-state index contributed by atoms with van der Waals surface area (Å²) in [6, 6.07) is 12.6. The van der Waals surface area contributed by atoms with Gasteiger partial charge in [0.05, 0.1) is 12.2 Å². The van der Waals surface area contributed by atoms with E-state index in [2.05, 4.69) is 57.1 Å². The van der Waals surface area contributed by atoms with E-state index in [1.165, 1.54) is 24.8 Å². The highest BCUT2D eigenvalue weighted by atomic mass is 15.4. The zero-order valence-corrected chi connectivity index (χ0v) is 12.5. The van der Waals surface area contributed by atoms with Crippen LogP contribution in [-0.4, -0.2) is 32.5 Å². The fraction of sp³-hybridized carbons (Fsp3) is 0.529. The maximum absolute atomic E-state index is 4.26. The number of aromatic nitrogens is 3. The molecule has 0 amide bonds. The van der Waals surface area contributed by atoms with Gasteiger partial charge in [0, 0.05) is 24.8 Å². The van der Waals surface area contributed by atoms with Crippen molar-refractivity contribution < 1.29 is 0 Å². The molecule has 0 unspecified atom stereocenters. The van der Waals surface area contributed by atoms with Crippen LogP contribution >= 0.6 is 0 Å². The second-order valence-corrected chi connectivity index (χ2v) is 6.46. The number of fused-ring (bicyclic) bond motifs is 2. The highest BCUT2D eigenvalue weighted by Gasteiger charge is 2.43. The Morgan fingerprint density at radius 3 is 2.81 bits per heavy atom. The molecule has 2 aromatic rings. The molecule has 0 spiro atoms. The van der Waals surface area contributed by atoms with Gasteiger partial charge in [0.15, 0.2) is 0 Å². The lowest BCUT2D eigenvalue weighted by Gasteiger charge is -2.42. The number of rotatable bonds is 3. The highest BCUT2D eigenvalue weighted by Crippen LogP contribution is 2.44. The molecule has 1 aliphatic carbocycles. The second-order valence-electron chi connectivity index (χ2n) is 6.46. The highest BCUT2D eigenvalue weighted by molar-refractivity contribution is 5.19. The van der Waals surface area contributed by atoms with E-state index in [0.717, 1.165) is 18.5 Å². The van der Waals surface area contributed by atoms with E-state index >= 15 is 0 Å². The summed E-state index contributed by atoms with van der Waals surface area (Å²) in [6.07, 6.45) is 7.78. The van der Waals surface area contributed by atoms with E-state index in [4.69, 9.17) is 0 Å². The summed E-state index contributed by atoms with van der Waals surface area (Å²) in [5, 5.41) is 8.27. The van der Waals surface area contributed by atoms with Crippen LogP contribution < -0.4 is 0 Å². The molecule has 2 bridgehead atoms. The quantitative estimate of drug-likeness (QED) is 0.867. The molecule has 4 heteroatoms. The number of benzene rings is 1. The van der Waals surface area contributed by atoms with Crippen molar-refractivity contribution in [3.63, 3.8) is 0 Å². The van der Waals surface area contributed by atoms with Gasteiger partial charge < -0.3 is 0 Å². The van der Waals surface area contributed by atoms with E-state index in [1.54, 1.807) is 6.20 Å². The Labute approximate surface area is 125 Å². The average Bonchev–Trinajstić information content (AvgIpc) is 3.19. The van der Waals surface area contributed by atoms with E-state index in [9.17, 15) is 0 Å². The summed E-state index contributed by atoms with van der Waals surface area (Å²) in [6.45, 7) is 3.43. The molecule has 1 aliphatic heterocycles. The van der Waals surface area contributed by atoms with Crippen LogP contribution in [0.3, 0.4) is 0 Å². The molecule has 1 aromatic carbocycles. The monoisotopic (exact) mass is 282 g/mol. The molecule has 4 rings (SSSR count). The van der Waals surface area contributed by atoms with Gasteiger partial charge in [-0.3, -0.25) is 4.90 Å². The summed E-state index contributed by atoms with van der Waals surface area (Å²) in [4.78, 5) is 2.69. The summed E-state index contributed by atoms with van der Waals surface area (Å²) in [5.41, 5.74) is 1.42. The number of nitrogens with zero attached hydrogens (tertiary/aromatic N) is 4. The largest absolute Gasteiger partial charge is 0.292 e. The van der Waals surface area contributed by atoms with Crippen LogP contribution in [0, 0.1) is 5.92 Å². The molecule has 1 aromatic heterocycles. The predicted molar refractivity (Wildman–Crippen MR) is 81.8 cm³/mol. The van der Waals surface area contributed by atoms with Gasteiger partial charge in [0.2, 0.25) is 0 Å². The Hall–Kier alpha value is -1.68. The maximum atomic E-state index is 4.26. The molecule has 2 heterocycles. The van der Waals surface area contributed by atoms with Crippen LogP contribution in [0.1, 0.15) is 43.8 Å². The molecule has 2 aliphatic rings. The van der Waals surface area contributed by atoms with Crippen molar-refractivity contribution in [1.82, 2.24) is 19.9 Å². The van der Waals surface area contributed by atoms with Gasteiger partial charge >= 0.3 is 0 Å². The van der Waals surface area contributed by atoms with Crippen LogP contribution in [0.2, 0.25) is 0 Å². The molecule has 110 valence electrons. The molecule has 2 fully saturated rings. The Morgan fingerprint density at radius 1 is 1.19 bits per heavy atom. The van der Waals surface area contributed by atoms with Crippen LogP contribution in [0.5, 0.6) is 0 Å². The van der Waals surface area contributed by atoms with Crippen molar-refractivity contribution >= 4 is 0 Å². The van der Waals surface area contributed by atoms with E-state index < -0.39 is 0 Å². The Morgan fingerprint density at radius 2 is 2.05 bits per heavy atom. The normalized spacial score (nSPS) is 30.4. The lowest BCUT2D eigenvalue weighted by Crippen LogP contribution is -2.45. The van der Waals surface area contributed by atoms with Crippen LogP contribution in [0.25, 0.3) is 0 Å². The molecule has 1 saturated heterocycles. The van der Waals surface area contributed by atoms with E-state index in [0.29, 0.717) is 12.1 Å². The molecule has 0 radical (unpaired) electrons. The molecule has 4 atom stereocenters. The molecule has 0 N–H and O–H groups in total. The van der Waals surface area contributed by atoms with Crippen molar-refractivity contribution in [2.75, 3.05) is 6.54 Å². The summed E-state index contributed by atoms with van der Waals surface area (Å²) >= 11 is 0. The van der Waals surface area contributed by atoms with Crippen molar-refractivity contribution in [3.8, 4) is 0 Å². The van der Waals surface area contributed by atoms with Gasteiger partial charge in [0.25, 0.3) is 0 Å². The zero-order valence-electron chi connectivity index (χ0n) is 12.5. The van der Waals surface area contributed by atoms with Crippen molar-refractivity contribution in [3.05, 3.63) is 48.3 Å². The number of hydrogen-bond donors (Lipinski definition) is 0. The molecular formula is C17H22N4. The van der Waals surface area contributed by atoms with Gasteiger partial charge in [0.1, 0.15) is 0 Å². The van der Waals surface area contributed by atoms with Gasteiger partial charge in [-0.1, -0.05) is 35.5 Å². The second kappa shape index (κ2) is 5.26. The first kappa shape index (κ1) is 13.0. The van der Waals surface area contributed by atoms with Gasteiger partial charge in [-0.25, -0.2) is 4.68 Å². The van der Waals surface area contributed by atoms with Gasteiger partial charge in [-0.15, -0.1) is 5.10 Å². The molecular weight excluding hydrogens is 260 g/mol. The van der Waals surface area contributed by atoms with Crippen molar-refractivity contribution in [1.29, 1.82) is 0 Å². The minimum Gasteiger partial charge on any atom is -0.292 e. The molecule has 21 heavy (non-hydrogen) atoms. The predicted octanol–water partition coefficient (Wildman–Crippen LogP) is 3.06. The maximum Gasteiger partial charge on any atom is 0.0693 e. The van der Waals surface area contributed by atoms with Crippen molar-refractivity contribution in [2.24, 2.45) is 5.92 Å². The first-order chi connectivity index (χ1) is 10.3. The number of hydrogen-bond acceptors (Lipinski definition) is 3. The fourth-order valence-corrected chi connectivity index (χ4v) is 4.25. The molecule has 1 saturated carbocycles. The lowest BCUT2D eigenvalue weighted by molar-refractivity contribution is 0.0688. The van der Waals surface area contributed by atoms with Gasteiger partial charge in [-0.2, -0.15) is 0 Å². The lowest BCUT2D eigenvalue weighted by atomic mass is 9.91. The standard InChI is InChI=1S/C17H22N4/c1-13(14-5-3-2-4-6-14)20-12-17(21-10-9-18-19-21)15-7-8-16(20)11-15/h2-6,9-10,13,15-17H,7-8,11-12H2,1H3/t13-,15+,16-,17+/m0/s1. The smallest absolute Gasteiger partial charge is 0.0693 e. The Bertz CT molecular complexity index is 580. The third-order valence-corrected chi connectivity index (χ3v) is 5.42. The number of piperidine rings is 1. The summed E-state index contributed by atoms with van der Waals surface area (Å²) in [5.74, 6) is 0.774. The zero-order chi connectivity index (χ0) is 14.2. The van der Waals surface area contributed by atoms with Gasteiger partial charge in [-0.05, 0) is 37.7 Å². The van der Waals surface area contributed by atoms with E-state index in [1.807, 2.05) is 6.20 Å². The average molecular weight is 282 g/mol. The first-order valence-corrected chi connectivity index (χ1v) is 7.99. The van der Waals surface area contributed by atoms with Crippen LogP contribution in [0.15, 0.2) is 42.7 Å². The third-order valence-electron chi connectivity index (χ3n) is 5.42. The first-order valence-electron chi connectivity index (χ1n) is 7.99.